The highest BCUT2D eigenvalue weighted by atomic mass is 35.5. The van der Waals surface area contributed by atoms with E-state index >= 15 is 0 Å². The molecule has 0 amide bonds. The average molecular weight is 360 g/mol. The number of methoxy groups -OCH3 is 2. The fraction of sp³-hybridized carbons (Fsp3) is 0.294. The van der Waals surface area contributed by atoms with Crippen LogP contribution in [-0.4, -0.2) is 20.6 Å². The lowest BCUT2D eigenvalue weighted by atomic mass is 10.1. The van der Waals surface area contributed by atoms with E-state index in [1.165, 1.54) is 26.4 Å². The topological polar surface area (TPSA) is 53.7 Å². The number of nitrogens with two attached hydrogens (primary N) is 1. The van der Waals surface area contributed by atoms with Gasteiger partial charge in [-0.05, 0) is 11.6 Å². The van der Waals surface area contributed by atoms with Gasteiger partial charge in [-0.3, -0.25) is 0 Å². The highest BCUT2D eigenvalue weighted by Gasteiger charge is 2.24. The van der Waals surface area contributed by atoms with Crippen molar-refractivity contribution in [3.63, 3.8) is 0 Å². The van der Waals surface area contributed by atoms with Gasteiger partial charge in [0.2, 0.25) is 0 Å². The Hall–Kier alpha value is -2.05. The van der Waals surface area contributed by atoms with E-state index in [9.17, 15) is 8.78 Å². The van der Waals surface area contributed by atoms with Gasteiger partial charge in [0.1, 0.15) is 12.4 Å². The van der Waals surface area contributed by atoms with Gasteiger partial charge in [0, 0.05) is 11.6 Å². The van der Waals surface area contributed by atoms with E-state index in [4.69, 9.17) is 19.9 Å². The molecule has 0 spiro atoms. The van der Waals surface area contributed by atoms with E-state index in [1.54, 1.807) is 0 Å². The third kappa shape index (κ3) is 4.72. The Balaban J connectivity index is 0.00000288. The molecule has 0 radical (unpaired) electrons. The predicted molar refractivity (Wildman–Crippen MR) is 90.5 cm³/mol. The molecule has 0 saturated carbocycles. The van der Waals surface area contributed by atoms with Crippen LogP contribution in [0.15, 0.2) is 42.5 Å². The summed E-state index contributed by atoms with van der Waals surface area (Å²) in [7, 11) is 2.89. The largest absolute Gasteiger partial charge is 0.493 e. The van der Waals surface area contributed by atoms with Crippen LogP contribution in [-0.2, 0) is 6.61 Å². The van der Waals surface area contributed by atoms with Gasteiger partial charge in [0.05, 0.1) is 20.3 Å². The highest BCUT2D eigenvalue weighted by molar-refractivity contribution is 5.85. The van der Waals surface area contributed by atoms with Gasteiger partial charge in [0.25, 0.3) is 6.43 Å². The summed E-state index contributed by atoms with van der Waals surface area (Å²) in [5.41, 5.74) is 6.69. The fourth-order valence-electron chi connectivity index (χ4n) is 2.13. The van der Waals surface area contributed by atoms with Crippen LogP contribution in [0.4, 0.5) is 8.78 Å². The summed E-state index contributed by atoms with van der Waals surface area (Å²) in [5, 5.41) is 0. The zero-order valence-corrected chi connectivity index (χ0v) is 14.2. The van der Waals surface area contributed by atoms with Gasteiger partial charge in [0.15, 0.2) is 11.5 Å². The minimum atomic E-state index is -2.72. The van der Waals surface area contributed by atoms with Crippen LogP contribution >= 0.6 is 12.4 Å². The van der Waals surface area contributed by atoms with Crippen molar-refractivity contribution in [2.45, 2.75) is 19.1 Å². The highest BCUT2D eigenvalue weighted by Crippen LogP contribution is 2.38. The van der Waals surface area contributed by atoms with Gasteiger partial charge in [-0.25, -0.2) is 8.78 Å². The maximum absolute atomic E-state index is 13.0. The van der Waals surface area contributed by atoms with E-state index in [1.807, 2.05) is 30.3 Å². The molecule has 24 heavy (non-hydrogen) atoms. The maximum Gasteiger partial charge on any atom is 0.257 e. The van der Waals surface area contributed by atoms with Crippen LogP contribution in [0.5, 0.6) is 17.2 Å². The molecular formula is C17H20ClF2NO3. The van der Waals surface area contributed by atoms with Crippen molar-refractivity contribution in [1.29, 1.82) is 0 Å². The fourth-order valence-corrected chi connectivity index (χ4v) is 2.13. The Kier molecular flexibility index (Phi) is 7.74. The zero-order chi connectivity index (χ0) is 16.8. The number of hydrogen-bond acceptors (Lipinski definition) is 4. The molecule has 0 aliphatic heterocycles. The van der Waals surface area contributed by atoms with Gasteiger partial charge in [-0.1, -0.05) is 30.3 Å². The average Bonchev–Trinajstić information content (AvgIpc) is 2.59. The van der Waals surface area contributed by atoms with E-state index in [2.05, 4.69) is 0 Å². The molecule has 0 fully saturated rings. The molecule has 2 rings (SSSR count). The summed E-state index contributed by atoms with van der Waals surface area (Å²) in [6.45, 7) is 0.235. The molecule has 7 heteroatoms. The molecule has 4 nitrogen and oxygen atoms in total. The van der Waals surface area contributed by atoms with Crippen LogP contribution in [0.1, 0.15) is 17.2 Å². The molecule has 132 valence electrons. The second-order valence-electron chi connectivity index (χ2n) is 4.88. The second kappa shape index (κ2) is 9.30. The third-order valence-corrected chi connectivity index (χ3v) is 3.38. The Labute approximate surface area is 145 Å². The van der Waals surface area contributed by atoms with Crippen molar-refractivity contribution in [2.24, 2.45) is 5.73 Å². The van der Waals surface area contributed by atoms with E-state index in [0.717, 1.165) is 5.56 Å². The lowest BCUT2D eigenvalue weighted by molar-refractivity contribution is 0.114. The number of ether oxygens (including phenoxy) is 3. The summed E-state index contributed by atoms with van der Waals surface area (Å²) in [6.07, 6.45) is -2.72. The van der Waals surface area contributed by atoms with Gasteiger partial charge < -0.3 is 19.9 Å². The monoisotopic (exact) mass is 359 g/mol. The Morgan fingerprint density at radius 1 is 0.958 bits per heavy atom. The van der Waals surface area contributed by atoms with Crippen molar-refractivity contribution < 1.29 is 23.0 Å². The quantitative estimate of drug-likeness (QED) is 0.812. The summed E-state index contributed by atoms with van der Waals surface area (Å²) in [4.78, 5) is 0. The summed E-state index contributed by atoms with van der Waals surface area (Å²) in [6, 6.07) is 10.9. The van der Waals surface area contributed by atoms with E-state index < -0.39 is 12.5 Å². The van der Waals surface area contributed by atoms with Crippen molar-refractivity contribution in [3.05, 3.63) is 53.6 Å². The first-order chi connectivity index (χ1) is 11.1. The first kappa shape index (κ1) is 20.0. The van der Waals surface area contributed by atoms with Gasteiger partial charge in [-0.15, -0.1) is 12.4 Å². The molecule has 2 aromatic rings. The molecule has 0 saturated heterocycles. The molecule has 2 aromatic carbocycles. The molecule has 0 aliphatic carbocycles. The maximum atomic E-state index is 13.0. The lowest BCUT2D eigenvalue weighted by Gasteiger charge is -2.19. The summed E-state index contributed by atoms with van der Waals surface area (Å²) in [5.74, 6) is 0.964. The molecular weight excluding hydrogens is 340 g/mol. The van der Waals surface area contributed by atoms with Crippen molar-refractivity contribution >= 4 is 12.4 Å². The Morgan fingerprint density at radius 2 is 1.54 bits per heavy atom. The molecule has 1 atom stereocenters. The van der Waals surface area contributed by atoms with Crippen LogP contribution in [0.25, 0.3) is 0 Å². The van der Waals surface area contributed by atoms with E-state index in [-0.39, 0.29) is 30.3 Å². The SMILES string of the molecule is COc1cc(OCc2ccccc2)c([C@H](N)C(F)F)cc1OC.Cl. The van der Waals surface area contributed by atoms with Crippen LogP contribution < -0.4 is 19.9 Å². The standard InChI is InChI=1S/C17H19F2NO3.ClH/c1-21-14-8-12(16(20)17(18)19)13(9-15(14)22-2)23-10-11-6-4-3-5-7-11;/h3-9,16-17H,10,20H2,1-2H3;1H/t16-;/m0./s1. The second-order valence-corrected chi connectivity index (χ2v) is 4.88. The molecule has 2 N–H and O–H groups in total. The summed E-state index contributed by atoms with van der Waals surface area (Å²) < 4.78 is 42.1. The van der Waals surface area contributed by atoms with E-state index in [0.29, 0.717) is 11.5 Å². The van der Waals surface area contributed by atoms with Gasteiger partial charge >= 0.3 is 0 Å². The number of hydrogen-bond donors (Lipinski definition) is 1. The van der Waals surface area contributed by atoms with Crippen LogP contribution in [0.2, 0.25) is 0 Å². The predicted octanol–water partition coefficient (Wildman–Crippen LogP) is 3.97. The molecule has 0 bridgehead atoms. The first-order valence-corrected chi connectivity index (χ1v) is 7.03. The number of alkyl halides is 2. The summed E-state index contributed by atoms with van der Waals surface area (Å²) >= 11 is 0. The number of halogens is 3. The number of rotatable bonds is 7. The zero-order valence-electron chi connectivity index (χ0n) is 13.4. The molecule has 0 aliphatic rings. The van der Waals surface area contributed by atoms with Crippen LogP contribution in [0.3, 0.4) is 0 Å². The Morgan fingerprint density at radius 3 is 2.08 bits per heavy atom. The molecule has 0 unspecified atom stereocenters. The normalized spacial score (nSPS) is 11.6. The minimum absolute atomic E-state index is 0. The molecule has 0 aromatic heterocycles. The molecule has 0 heterocycles. The first-order valence-electron chi connectivity index (χ1n) is 7.03. The lowest BCUT2D eigenvalue weighted by Crippen LogP contribution is -2.20. The third-order valence-electron chi connectivity index (χ3n) is 3.38. The smallest absolute Gasteiger partial charge is 0.257 e. The number of benzene rings is 2. The van der Waals surface area contributed by atoms with Gasteiger partial charge in [-0.2, -0.15) is 0 Å². The Bertz CT molecular complexity index is 641. The minimum Gasteiger partial charge on any atom is -0.493 e. The van der Waals surface area contributed by atoms with Crippen molar-refractivity contribution in [2.75, 3.05) is 14.2 Å². The van der Waals surface area contributed by atoms with Crippen LogP contribution in [0, 0.1) is 0 Å². The van der Waals surface area contributed by atoms with Crippen molar-refractivity contribution in [1.82, 2.24) is 0 Å². The van der Waals surface area contributed by atoms with Crippen molar-refractivity contribution in [3.8, 4) is 17.2 Å².